The Kier molecular flexibility index (Phi) is 6.19. The Labute approximate surface area is 162 Å². The number of rotatable bonds is 8. The SMILES string of the molecule is C=CCOC1C(OCC)c2cc(NCc3ccccc3)ccc2OC1(C)C. The molecule has 0 bridgehead atoms. The number of anilines is 1. The molecule has 2 aromatic rings. The molecule has 0 saturated heterocycles. The molecule has 2 unspecified atom stereocenters. The Morgan fingerprint density at radius 3 is 2.63 bits per heavy atom. The van der Waals surface area contributed by atoms with E-state index < -0.39 is 5.60 Å². The second kappa shape index (κ2) is 8.59. The number of benzene rings is 2. The molecule has 0 aliphatic carbocycles. The predicted molar refractivity (Wildman–Crippen MR) is 109 cm³/mol. The molecule has 27 heavy (non-hydrogen) atoms. The molecule has 0 radical (unpaired) electrons. The molecule has 0 amide bonds. The van der Waals surface area contributed by atoms with Gasteiger partial charge in [0.2, 0.25) is 0 Å². The molecule has 4 heteroatoms. The van der Waals surface area contributed by atoms with Crippen molar-refractivity contribution in [2.24, 2.45) is 0 Å². The average Bonchev–Trinajstić information content (AvgIpc) is 2.66. The Bertz CT molecular complexity index is 757. The van der Waals surface area contributed by atoms with E-state index in [4.69, 9.17) is 14.2 Å². The normalized spacial score (nSPS) is 20.4. The van der Waals surface area contributed by atoms with Crippen LogP contribution in [0.15, 0.2) is 61.2 Å². The quantitative estimate of drug-likeness (QED) is 0.658. The van der Waals surface area contributed by atoms with Crippen molar-refractivity contribution in [2.75, 3.05) is 18.5 Å². The fourth-order valence-electron chi connectivity index (χ4n) is 3.46. The number of hydrogen-bond acceptors (Lipinski definition) is 4. The number of hydrogen-bond donors (Lipinski definition) is 1. The molecule has 2 aromatic carbocycles. The summed E-state index contributed by atoms with van der Waals surface area (Å²) in [5.41, 5.74) is 2.80. The Morgan fingerprint density at radius 1 is 1.15 bits per heavy atom. The largest absolute Gasteiger partial charge is 0.485 e. The predicted octanol–water partition coefficient (Wildman–Crippen LogP) is 5.12. The third-order valence-electron chi connectivity index (χ3n) is 4.73. The van der Waals surface area contributed by atoms with Crippen LogP contribution in [-0.4, -0.2) is 24.9 Å². The zero-order chi connectivity index (χ0) is 19.3. The standard InChI is InChI=1S/C23H29NO3/c1-5-14-26-22-21(25-6-2)19-15-18(12-13-20(19)27-23(22,3)4)24-16-17-10-8-7-9-11-17/h5,7-13,15,21-22,24H,1,6,14,16H2,2-4H3. The Morgan fingerprint density at radius 2 is 1.93 bits per heavy atom. The molecule has 2 atom stereocenters. The van der Waals surface area contributed by atoms with Crippen molar-refractivity contribution in [1.29, 1.82) is 0 Å². The minimum Gasteiger partial charge on any atom is -0.485 e. The van der Waals surface area contributed by atoms with E-state index in [2.05, 4.69) is 30.1 Å². The van der Waals surface area contributed by atoms with E-state index in [9.17, 15) is 0 Å². The molecular formula is C23H29NO3. The van der Waals surface area contributed by atoms with Gasteiger partial charge in [-0.3, -0.25) is 0 Å². The van der Waals surface area contributed by atoms with Gasteiger partial charge in [-0.05, 0) is 44.5 Å². The van der Waals surface area contributed by atoms with Crippen molar-refractivity contribution >= 4 is 5.69 Å². The summed E-state index contributed by atoms with van der Waals surface area (Å²) in [7, 11) is 0. The molecule has 3 rings (SSSR count). The summed E-state index contributed by atoms with van der Waals surface area (Å²) < 4.78 is 18.4. The molecular weight excluding hydrogens is 338 g/mol. The molecule has 1 heterocycles. The van der Waals surface area contributed by atoms with Crippen molar-refractivity contribution in [1.82, 2.24) is 0 Å². The van der Waals surface area contributed by atoms with Crippen LogP contribution in [0.2, 0.25) is 0 Å². The van der Waals surface area contributed by atoms with Gasteiger partial charge in [-0.25, -0.2) is 0 Å². The van der Waals surface area contributed by atoms with Gasteiger partial charge in [-0.15, -0.1) is 6.58 Å². The van der Waals surface area contributed by atoms with E-state index in [1.54, 1.807) is 6.08 Å². The topological polar surface area (TPSA) is 39.7 Å². The van der Waals surface area contributed by atoms with Gasteiger partial charge in [0.15, 0.2) is 0 Å². The van der Waals surface area contributed by atoms with Crippen LogP contribution in [0.4, 0.5) is 5.69 Å². The van der Waals surface area contributed by atoms with Crippen LogP contribution in [-0.2, 0) is 16.0 Å². The second-order valence-corrected chi connectivity index (χ2v) is 7.22. The zero-order valence-electron chi connectivity index (χ0n) is 16.4. The van der Waals surface area contributed by atoms with Gasteiger partial charge >= 0.3 is 0 Å². The van der Waals surface area contributed by atoms with E-state index in [1.807, 2.05) is 51.1 Å². The van der Waals surface area contributed by atoms with Gasteiger partial charge < -0.3 is 19.5 Å². The maximum atomic E-state index is 6.26. The van der Waals surface area contributed by atoms with Crippen LogP contribution in [0.1, 0.15) is 38.0 Å². The first-order valence-electron chi connectivity index (χ1n) is 9.50. The minimum absolute atomic E-state index is 0.188. The van der Waals surface area contributed by atoms with Crippen molar-refractivity contribution in [3.8, 4) is 5.75 Å². The van der Waals surface area contributed by atoms with Crippen LogP contribution in [0, 0.1) is 0 Å². The molecule has 1 aliphatic rings. The van der Waals surface area contributed by atoms with Crippen LogP contribution in [0.25, 0.3) is 0 Å². The Balaban J connectivity index is 1.85. The lowest BCUT2D eigenvalue weighted by atomic mass is 9.88. The van der Waals surface area contributed by atoms with Crippen LogP contribution in [0.3, 0.4) is 0 Å². The summed E-state index contributed by atoms with van der Waals surface area (Å²) in [5, 5.41) is 3.48. The van der Waals surface area contributed by atoms with Crippen molar-refractivity contribution in [3.05, 3.63) is 72.3 Å². The highest BCUT2D eigenvalue weighted by Gasteiger charge is 2.45. The molecule has 4 nitrogen and oxygen atoms in total. The monoisotopic (exact) mass is 367 g/mol. The van der Waals surface area contributed by atoms with Gasteiger partial charge in [-0.1, -0.05) is 36.4 Å². The summed E-state index contributed by atoms with van der Waals surface area (Å²) in [5.74, 6) is 0.849. The van der Waals surface area contributed by atoms with Gasteiger partial charge in [0.25, 0.3) is 0 Å². The molecule has 0 spiro atoms. The van der Waals surface area contributed by atoms with Gasteiger partial charge in [0, 0.05) is 24.4 Å². The molecule has 1 N–H and O–H groups in total. The van der Waals surface area contributed by atoms with Gasteiger partial charge in [0.1, 0.15) is 23.6 Å². The first-order chi connectivity index (χ1) is 13.0. The summed E-state index contributed by atoms with van der Waals surface area (Å²) in [6, 6.07) is 16.5. The summed E-state index contributed by atoms with van der Waals surface area (Å²) in [6.45, 7) is 11.7. The zero-order valence-corrected chi connectivity index (χ0v) is 16.4. The summed E-state index contributed by atoms with van der Waals surface area (Å²) in [6.07, 6.45) is 1.35. The van der Waals surface area contributed by atoms with E-state index >= 15 is 0 Å². The second-order valence-electron chi connectivity index (χ2n) is 7.22. The van der Waals surface area contributed by atoms with Crippen molar-refractivity contribution in [3.63, 3.8) is 0 Å². The minimum atomic E-state index is -0.491. The van der Waals surface area contributed by atoms with Crippen LogP contribution >= 0.6 is 0 Å². The number of ether oxygens (including phenoxy) is 3. The maximum Gasteiger partial charge on any atom is 0.132 e. The van der Waals surface area contributed by atoms with E-state index in [-0.39, 0.29) is 12.2 Å². The highest BCUT2D eigenvalue weighted by molar-refractivity contribution is 5.53. The first kappa shape index (κ1) is 19.5. The van der Waals surface area contributed by atoms with Crippen LogP contribution < -0.4 is 10.1 Å². The van der Waals surface area contributed by atoms with Gasteiger partial charge in [0.05, 0.1) is 6.61 Å². The highest BCUT2D eigenvalue weighted by Crippen LogP contribution is 2.44. The molecule has 0 aromatic heterocycles. The highest BCUT2D eigenvalue weighted by atomic mass is 16.6. The number of nitrogens with one attached hydrogen (secondary N) is 1. The lowest BCUT2D eigenvalue weighted by Gasteiger charge is -2.44. The molecule has 144 valence electrons. The Hall–Kier alpha value is -2.30. The van der Waals surface area contributed by atoms with E-state index in [0.29, 0.717) is 13.2 Å². The fraction of sp³-hybridized carbons (Fsp3) is 0.391. The maximum absolute atomic E-state index is 6.26. The first-order valence-corrected chi connectivity index (χ1v) is 9.50. The lowest BCUT2D eigenvalue weighted by Crippen LogP contribution is -2.51. The smallest absolute Gasteiger partial charge is 0.132 e. The van der Waals surface area contributed by atoms with E-state index in [1.165, 1.54) is 5.56 Å². The summed E-state index contributed by atoms with van der Waals surface area (Å²) >= 11 is 0. The summed E-state index contributed by atoms with van der Waals surface area (Å²) in [4.78, 5) is 0. The van der Waals surface area contributed by atoms with E-state index in [0.717, 1.165) is 23.5 Å². The van der Waals surface area contributed by atoms with Crippen LogP contribution in [0.5, 0.6) is 5.75 Å². The van der Waals surface area contributed by atoms with Crippen molar-refractivity contribution < 1.29 is 14.2 Å². The van der Waals surface area contributed by atoms with Crippen molar-refractivity contribution in [2.45, 2.75) is 45.1 Å². The fourth-order valence-corrected chi connectivity index (χ4v) is 3.46. The third-order valence-corrected chi connectivity index (χ3v) is 4.73. The number of fused-ring (bicyclic) bond motifs is 1. The average molecular weight is 367 g/mol. The molecule has 0 fully saturated rings. The molecule has 0 saturated carbocycles. The third kappa shape index (κ3) is 4.52. The molecule has 1 aliphatic heterocycles. The van der Waals surface area contributed by atoms with Gasteiger partial charge in [-0.2, -0.15) is 0 Å². The lowest BCUT2D eigenvalue weighted by molar-refractivity contribution is -0.155.